The first-order valence-electron chi connectivity index (χ1n) is 6.02. The second-order valence-electron chi connectivity index (χ2n) is 3.94. The molecule has 0 amide bonds. The fourth-order valence-electron chi connectivity index (χ4n) is 1.59. The third-order valence-corrected chi connectivity index (χ3v) is 2.51. The van der Waals surface area contributed by atoms with E-state index in [9.17, 15) is 4.79 Å². The number of esters is 1. The molecule has 5 nitrogen and oxygen atoms in total. The fraction of sp³-hybridized carbons (Fsp3) is 0.429. The number of nitrogens with zero attached hydrogens (tertiary/aromatic N) is 1. The minimum absolute atomic E-state index is 0. The van der Waals surface area contributed by atoms with Gasteiger partial charge in [0, 0.05) is 34.3 Å². The molecule has 1 aromatic carbocycles. The summed E-state index contributed by atoms with van der Waals surface area (Å²) in [5, 5.41) is 3.90. The Morgan fingerprint density at radius 3 is 2.45 bits per heavy atom. The van der Waals surface area contributed by atoms with Crippen LogP contribution in [-0.2, 0) is 55.9 Å². The van der Waals surface area contributed by atoms with Crippen LogP contribution in [0.4, 0.5) is 0 Å². The first-order valence-corrected chi connectivity index (χ1v) is 6.02. The van der Waals surface area contributed by atoms with Gasteiger partial charge in [-0.15, -0.1) is 0 Å². The van der Waals surface area contributed by atoms with Gasteiger partial charge in [0.05, 0.1) is 0 Å². The largest absolute Gasteiger partial charge is 1.00 e. The quantitative estimate of drug-likeness (QED) is 0.184. The summed E-state index contributed by atoms with van der Waals surface area (Å²) < 4.78 is 15.3. The Morgan fingerprint density at radius 2 is 1.95 bits per heavy atom. The van der Waals surface area contributed by atoms with Gasteiger partial charge in [0.25, 0.3) is 0 Å². The van der Waals surface area contributed by atoms with E-state index in [1.165, 1.54) is 7.11 Å². The summed E-state index contributed by atoms with van der Waals surface area (Å²) in [4.78, 5) is 11.4. The summed E-state index contributed by atoms with van der Waals surface area (Å²) in [5.41, 5.74) is 1.79. The molecule has 0 atom stereocenters. The van der Waals surface area contributed by atoms with Gasteiger partial charge in [0.1, 0.15) is 11.5 Å². The SMILES string of the molecule is CCc1cc(OC(=O)[CH-]OC)c(C)cc1OC[N-]C.[Re].[Rf].[Ru+]. The maximum Gasteiger partial charge on any atom is 1.00 e. The Morgan fingerprint density at radius 1 is 1.32 bits per heavy atom. The number of benzene rings is 1. The molecule has 0 aliphatic rings. The molecule has 0 aliphatic carbocycles. The van der Waals surface area contributed by atoms with Crippen molar-refractivity contribution in [3.8, 4) is 11.5 Å². The van der Waals surface area contributed by atoms with Crippen LogP contribution in [0.2, 0.25) is 0 Å². The van der Waals surface area contributed by atoms with Crippen molar-refractivity contribution < 1.29 is 58.9 Å². The third-order valence-electron chi connectivity index (χ3n) is 2.51. The third kappa shape index (κ3) is 7.54. The Kier molecular flexibility index (Phi) is 15.4. The molecule has 0 spiro atoms. The monoisotopic (exact) mass is 821 g/mol. The number of rotatable bonds is 7. The zero-order valence-corrected chi connectivity index (χ0v) is 24.0. The zero-order chi connectivity index (χ0) is 14.3. The van der Waals surface area contributed by atoms with Crippen molar-refractivity contribution in [1.82, 2.24) is 0 Å². The van der Waals surface area contributed by atoms with Gasteiger partial charge in [-0.25, -0.2) is 0 Å². The molecule has 0 aliphatic heterocycles. The molecular formula is C14H19NO4ReRfRu-. The summed E-state index contributed by atoms with van der Waals surface area (Å²) in [6.07, 6.45) is 0.776. The predicted molar refractivity (Wildman–Crippen MR) is 72.3 cm³/mol. The Balaban J connectivity index is -0.00000120. The van der Waals surface area contributed by atoms with Crippen molar-refractivity contribution >= 4 is 5.97 Å². The standard InChI is InChI=1S/C14H19NO4.Re.Rf.Ru/c1-5-11-7-12(19-14(16)8-17-4)10(2)6-13(11)18-9-15-3;;;/h6-8H,5,9H2,1-4H3;;;/q-2;;;+1. The summed E-state index contributed by atoms with van der Waals surface area (Å²) >= 11 is 0. The van der Waals surface area contributed by atoms with Crippen LogP contribution in [0.5, 0.6) is 11.5 Å². The molecule has 22 heavy (non-hydrogen) atoms. The summed E-state index contributed by atoms with van der Waals surface area (Å²) in [7, 11) is 3.09. The van der Waals surface area contributed by atoms with Gasteiger partial charge >= 0.3 is 19.5 Å². The topological polar surface area (TPSA) is 58.9 Å². The minimum Gasteiger partial charge on any atom is -0.632 e. The van der Waals surface area contributed by atoms with E-state index < -0.39 is 5.97 Å². The second kappa shape index (κ2) is 13.2. The molecule has 0 heterocycles. The van der Waals surface area contributed by atoms with Crippen LogP contribution in [0, 0.1) is 13.5 Å². The molecule has 1 aromatic rings. The van der Waals surface area contributed by atoms with Crippen LogP contribution < -0.4 is 9.47 Å². The van der Waals surface area contributed by atoms with E-state index >= 15 is 0 Å². The molecule has 0 fully saturated rings. The van der Waals surface area contributed by atoms with Crippen LogP contribution in [0.25, 0.3) is 5.32 Å². The number of hydrogen-bond acceptors (Lipinski definition) is 4. The fourth-order valence-corrected chi connectivity index (χ4v) is 1.59. The average Bonchev–Trinajstić information content (AvgIpc) is 2.39. The molecule has 1 rings (SSSR count). The number of carbonyl (C=O) groups excluding carboxylic acids is 1. The summed E-state index contributed by atoms with van der Waals surface area (Å²) in [6.45, 7) is 5.19. The molecule has 0 bridgehead atoms. The molecule has 0 aromatic heterocycles. The maximum atomic E-state index is 11.4. The molecular weight excluding hydrogens is 800 g/mol. The summed E-state index contributed by atoms with van der Waals surface area (Å²) in [6, 6.07) is 3.65. The van der Waals surface area contributed by atoms with Gasteiger partial charge in [-0.05, 0) is 36.6 Å². The van der Waals surface area contributed by atoms with Crippen LogP contribution >= 0.6 is 0 Å². The number of methoxy groups -OCH3 is 1. The Labute approximate surface area is 152 Å². The number of hydrogen-bond donors (Lipinski definition) is 0. The first-order chi connectivity index (χ1) is 9.12. The van der Waals surface area contributed by atoms with Crippen LogP contribution in [0.15, 0.2) is 12.1 Å². The minimum atomic E-state index is -0.537. The molecule has 0 saturated heterocycles. The molecule has 2 radical (unpaired) electrons. The van der Waals surface area contributed by atoms with Crippen molar-refractivity contribution in [2.75, 3.05) is 20.9 Å². The van der Waals surface area contributed by atoms with E-state index in [4.69, 9.17) is 9.47 Å². The predicted octanol–water partition coefficient (Wildman–Crippen LogP) is 2.61. The van der Waals surface area contributed by atoms with E-state index in [0.29, 0.717) is 12.5 Å². The van der Waals surface area contributed by atoms with Gasteiger partial charge in [-0.1, -0.05) is 6.92 Å². The number of aryl methyl sites for hydroxylation is 2. The Hall–Kier alpha value is -1.43. The zero-order valence-electron chi connectivity index (χ0n) is 13.2. The van der Waals surface area contributed by atoms with Crippen molar-refractivity contribution in [2.24, 2.45) is 0 Å². The van der Waals surface area contributed by atoms with Crippen molar-refractivity contribution in [1.29, 1.82) is 0 Å². The van der Waals surface area contributed by atoms with Gasteiger partial charge in [-0.2, -0.15) is 13.7 Å². The van der Waals surface area contributed by atoms with Gasteiger partial charge in [-0.3, -0.25) is 4.79 Å². The van der Waals surface area contributed by atoms with Gasteiger partial charge in [0.15, 0.2) is 5.97 Å². The molecule has 0 saturated carbocycles. The van der Waals surface area contributed by atoms with Crippen molar-refractivity contribution in [3.05, 3.63) is 35.2 Å². The van der Waals surface area contributed by atoms with Gasteiger partial charge in [0.2, 0.25) is 0 Å². The van der Waals surface area contributed by atoms with Gasteiger partial charge < -0.3 is 19.5 Å². The van der Waals surface area contributed by atoms with E-state index in [0.717, 1.165) is 29.9 Å². The van der Waals surface area contributed by atoms with E-state index in [1.54, 1.807) is 7.05 Å². The van der Waals surface area contributed by atoms with E-state index in [-0.39, 0.29) is 39.9 Å². The molecule has 0 unspecified atom stereocenters. The molecule has 0 N–H and O–H groups in total. The second-order valence-corrected chi connectivity index (χ2v) is 3.94. The normalized spacial score (nSPS) is 8.73. The maximum absolute atomic E-state index is 11.4. The number of ether oxygens (including phenoxy) is 3. The molecule has 8 heteroatoms. The van der Waals surface area contributed by atoms with Crippen molar-refractivity contribution in [3.63, 3.8) is 0 Å². The smallest absolute Gasteiger partial charge is 0.632 e. The number of carbonyl (C=O) groups is 1. The van der Waals surface area contributed by atoms with Crippen LogP contribution in [0.3, 0.4) is 0 Å². The first kappa shape index (κ1) is 25.5. The Bertz CT molecular complexity index is 449. The van der Waals surface area contributed by atoms with Crippen LogP contribution in [-0.4, -0.2) is 26.9 Å². The van der Waals surface area contributed by atoms with Crippen LogP contribution in [0.1, 0.15) is 18.1 Å². The van der Waals surface area contributed by atoms with Crippen molar-refractivity contribution in [2.45, 2.75) is 20.3 Å². The molecule has 122 valence electrons. The van der Waals surface area contributed by atoms with E-state index in [1.807, 2.05) is 26.0 Å². The summed E-state index contributed by atoms with van der Waals surface area (Å²) in [5.74, 6) is 0.738. The average molecular weight is 820 g/mol. The van der Waals surface area contributed by atoms with E-state index in [2.05, 4.69) is 10.1 Å².